The van der Waals surface area contributed by atoms with Crippen molar-refractivity contribution in [2.24, 2.45) is 5.92 Å². The van der Waals surface area contributed by atoms with Crippen LogP contribution in [0.1, 0.15) is 45.4 Å². The highest BCUT2D eigenvalue weighted by Crippen LogP contribution is 2.29. The summed E-state index contributed by atoms with van der Waals surface area (Å²) in [5.41, 5.74) is 0.279. The molecule has 16 heavy (non-hydrogen) atoms. The molecule has 0 saturated carbocycles. The van der Waals surface area contributed by atoms with Crippen molar-refractivity contribution in [2.75, 3.05) is 18.1 Å². The van der Waals surface area contributed by atoms with Gasteiger partial charge in [-0.1, -0.05) is 0 Å². The van der Waals surface area contributed by atoms with Crippen LogP contribution in [0.3, 0.4) is 0 Å². The summed E-state index contributed by atoms with van der Waals surface area (Å²) in [5, 5.41) is 3.54. The molecule has 2 unspecified atom stereocenters. The van der Waals surface area contributed by atoms with Crippen molar-refractivity contribution >= 4 is 9.84 Å². The molecule has 3 nitrogen and oxygen atoms in total. The highest BCUT2D eigenvalue weighted by Gasteiger charge is 2.30. The summed E-state index contributed by atoms with van der Waals surface area (Å²) in [6, 6.07) is 0. The van der Waals surface area contributed by atoms with Crippen LogP contribution in [0.25, 0.3) is 0 Å². The lowest BCUT2D eigenvalue weighted by molar-refractivity contribution is 0.329. The Bertz CT molecular complexity index is 331. The van der Waals surface area contributed by atoms with Crippen LogP contribution < -0.4 is 5.32 Å². The molecule has 0 aliphatic carbocycles. The average molecular weight is 245 g/mol. The van der Waals surface area contributed by atoms with Gasteiger partial charge in [0.25, 0.3) is 0 Å². The third kappa shape index (κ3) is 3.20. The van der Waals surface area contributed by atoms with Gasteiger partial charge in [0.1, 0.15) is 0 Å². The fourth-order valence-electron chi connectivity index (χ4n) is 3.04. The van der Waals surface area contributed by atoms with Gasteiger partial charge in [0, 0.05) is 5.54 Å². The standard InChI is InChI=1S/C12H23NO2S/c1-12(6-3-8-13-12)7-5-11-4-2-9-16(14,15)10-11/h11,13H,2-10H2,1H3. The zero-order chi connectivity index (χ0) is 11.6. The van der Waals surface area contributed by atoms with Crippen molar-refractivity contribution in [2.45, 2.75) is 51.0 Å². The molecule has 2 saturated heterocycles. The second-order valence-electron chi connectivity index (χ2n) is 5.75. The Balaban J connectivity index is 1.81. The van der Waals surface area contributed by atoms with Crippen LogP contribution in [-0.2, 0) is 9.84 Å². The van der Waals surface area contributed by atoms with E-state index < -0.39 is 9.84 Å². The summed E-state index contributed by atoms with van der Waals surface area (Å²) in [7, 11) is -2.72. The molecule has 0 aromatic carbocycles. The van der Waals surface area contributed by atoms with E-state index in [1.54, 1.807) is 0 Å². The minimum absolute atomic E-state index is 0.279. The van der Waals surface area contributed by atoms with Gasteiger partial charge in [-0.15, -0.1) is 0 Å². The maximum Gasteiger partial charge on any atom is 0.150 e. The summed E-state index contributed by atoms with van der Waals surface area (Å²) in [6.07, 6.45) is 6.69. The van der Waals surface area contributed by atoms with Crippen LogP contribution in [-0.4, -0.2) is 32.0 Å². The molecule has 0 amide bonds. The molecule has 0 aromatic heterocycles. The molecule has 2 atom stereocenters. The Morgan fingerprint density at radius 3 is 2.81 bits per heavy atom. The maximum absolute atomic E-state index is 11.5. The quantitative estimate of drug-likeness (QED) is 0.823. The largest absolute Gasteiger partial charge is 0.312 e. The molecular formula is C12H23NO2S. The van der Waals surface area contributed by atoms with Crippen LogP contribution in [0.2, 0.25) is 0 Å². The minimum atomic E-state index is -2.72. The molecule has 2 rings (SSSR count). The van der Waals surface area contributed by atoms with Gasteiger partial charge in [-0.25, -0.2) is 8.42 Å². The third-order valence-corrected chi connectivity index (χ3v) is 6.01. The maximum atomic E-state index is 11.5. The van der Waals surface area contributed by atoms with Gasteiger partial charge in [0.05, 0.1) is 11.5 Å². The molecule has 2 fully saturated rings. The first-order valence-electron chi connectivity index (χ1n) is 6.45. The van der Waals surface area contributed by atoms with Gasteiger partial charge in [0.2, 0.25) is 0 Å². The first kappa shape index (κ1) is 12.4. The van der Waals surface area contributed by atoms with Crippen LogP contribution >= 0.6 is 0 Å². The zero-order valence-electron chi connectivity index (χ0n) is 10.2. The first-order chi connectivity index (χ1) is 7.49. The molecule has 1 N–H and O–H groups in total. The van der Waals surface area contributed by atoms with Gasteiger partial charge in [-0.05, 0) is 57.9 Å². The summed E-state index contributed by atoms with van der Waals surface area (Å²) in [5.74, 6) is 1.26. The van der Waals surface area contributed by atoms with E-state index in [1.807, 2.05) is 0 Å². The molecule has 2 aliphatic heterocycles. The molecule has 0 bridgehead atoms. The summed E-state index contributed by atoms with van der Waals surface area (Å²) >= 11 is 0. The summed E-state index contributed by atoms with van der Waals surface area (Å²) in [6.45, 7) is 3.40. The lowest BCUT2D eigenvalue weighted by Crippen LogP contribution is -2.37. The van der Waals surface area contributed by atoms with Crippen molar-refractivity contribution < 1.29 is 8.42 Å². The van der Waals surface area contributed by atoms with E-state index in [2.05, 4.69) is 12.2 Å². The van der Waals surface area contributed by atoms with E-state index in [0.29, 0.717) is 17.4 Å². The average Bonchev–Trinajstić information content (AvgIpc) is 2.62. The number of rotatable bonds is 3. The van der Waals surface area contributed by atoms with E-state index in [1.165, 1.54) is 12.8 Å². The third-order valence-electron chi connectivity index (χ3n) is 4.12. The highest BCUT2D eigenvalue weighted by atomic mass is 32.2. The zero-order valence-corrected chi connectivity index (χ0v) is 11.0. The molecule has 0 aromatic rings. The number of hydrogen-bond donors (Lipinski definition) is 1. The smallest absolute Gasteiger partial charge is 0.150 e. The topological polar surface area (TPSA) is 46.2 Å². The van der Waals surface area contributed by atoms with E-state index >= 15 is 0 Å². The van der Waals surface area contributed by atoms with Crippen LogP contribution in [0.5, 0.6) is 0 Å². The molecule has 2 aliphatic rings. The number of hydrogen-bond acceptors (Lipinski definition) is 3. The monoisotopic (exact) mass is 245 g/mol. The number of sulfone groups is 1. The van der Waals surface area contributed by atoms with Crippen LogP contribution in [0.15, 0.2) is 0 Å². The molecular weight excluding hydrogens is 222 g/mol. The van der Waals surface area contributed by atoms with E-state index in [4.69, 9.17) is 0 Å². The van der Waals surface area contributed by atoms with E-state index in [0.717, 1.165) is 32.2 Å². The van der Waals surface area contributed by atoms with Gasteiger partial charge in [0.15, 0.2) is 9.84 Å². The van der Waals surface area contributed by atoms with E-state index in [-0.39, 0.29) is 5.54 Å². The molecule has 2 heterocycles. The fraction of sp³-hybridized carbons (Fsp3) is 1.00. The predicted octanol–water partition coefficient (Wildman–Crippen LogP) is 1.73. The molecule has 94 valence electrons. The van der Waals surface area contributed by atoms with Gasteiger partial charge in [-0.2, -0.15) is 0 Å². The molecule has 4 heteroatoms. The molecule has 0 radical (unpaired) electrons. The lowest BCUT2D eigenvalue weighted by atomic mass is 9.88. The van der Waals surface area contributed by atoms with Crippen molar-refractivity contribution in [3.05, 3.63) is 0 Å². The van der Waals surface area contributed by atoms with Crippen LogP contribution in [0, 0.1) is 5.92 Å². The molecule has 0 spiro atoms. The minimum Gasteiger partial charge on any atom is -0.312 e. The Labute approximate surface area is 98.9 Å². The normalized spacial score (nSPS) is 38.7. The second-order valence-corrected chi connectivity index (χ2v) is 7.98. The first-order valence-corrected chi connectivity index (χ1v) is 8.27. The second kappa shape index (κ2) is 4.65. The van der Waals surface area contributed by atoms with Crippen molar-refractivity contribution in [1.82, 2.24) is 5.32 Å². The summed E-state index contributed by atoms with van der Waals surface area (Å²) < 4.78 is 23.0. The van der Waals surface area contributed by atoms with Crippen molar-refractivity contribution in [3.8, 4) is 0 Å². The van der Waals surface area contributed by atoms with E-state index in [9.17, 15) is 8.42 Å². The Morgan fingerprint density at radius 1 is 1.38 bits per heavy atom. The Kier molecular flexibility index (Phi) is 3.59. The summed E-state index contributed by atoms with van der Waals surface area (Å²) in [4.78, 5) is 0. The Morgan fingerprint density at radius 2 is 2.19 bits per heavy atom. The number of nitrogens with one attached hydrogen (secondary N) is 1. The highest BCUT2D eigenvalue weighted by molar-refractivity contribution is 7.91. The van der Waals surface area contributed by atoms with Gasteiger partial charge < -0.3 is 5.32 Å². The van der Waals surface area contributed by atoms with Gasteiger partial charge >= 0.3 is 0 Å². The van der Waals surface area contributed by atoms with Crippen LogP contribution in [0.4, 0.5) is 0 Å². The predicted molar refractivity (Wildman–Crippen MR) is 66.3 cm³/mol. The lowest BCUT2D eigenvalue weighted by Gasteiger charge is -2.28. The van der Waals surface area contributed by atoms with Crippen molar-refractivity contribution in [1.29, 1.82) is 0 Å². The van der Waals surface area contributed by atoms with Gasteiger partial charge in [-0.3, -0.25) is 0 Å². The SMILES string of the molecule is CC1(CCC2CCCS(=O)(=O)C2)CCCN1. The Hall–Kier alpha value is -0.0900. The van der Waals surface area contributed by atoms with Crippen molar-refractivity contribution in [3.63, 3.8) is 0 Å². The fourth-order valence-corrected chi connectivity index (χ4v) is 4.86.